The van der Waals surface area contributed by atoms with E-state index in [1.54, 1.807) is 11.6 Å². The molecule has 1 aliphatic carbocycles. The van der Waals surface area contributed by atoms with E-state index in [4.69, 9.17) is 12.2 Å². The largest absolute Gasteiger partial charge is 0.326 e. The fraction of sp³-hybridized carbons (Fsp3) is 0.182. The summed E-state index contributed by atoms with van der Waals surface area (Å²) in [6, 6.07) is 13.0. The van der Waals surface area contributed by atoms with Gasteiger partial charge in [-0.3, -0.25) is 4.98 Å². The fourth-order valence-electron chi connectivity index (χ4n) is 3.67. The Hall–Kier alpha value is -2.72. The maximum absolute atomic E-state index is 12.0. The summed E-state index contributed by atoms with van der Waals surface area (Å²) in [5, 5.41) is 0. The Morgan fingerprint density at radius 1 is 0.923 bits per heavy atom. The summed E-state index contributed by atoms with van der Waals surface area (Å²) in [5.41, 5.74) is 7.97. The number of benzene rings is 2. The Kier molecular flexibility index (Phi) is 4.00. The zero-order chi connectivity index (χ0) is 18.4. The van der Waals surface area contributed by atoms with Crippen molar-refractivity contribution in [3.63, 3.8) is 0 Å². The zero-order valence-electron chi connectivity index (χ0n) is 15.0. The van der Waals surface area contributed by atoms with Crippen molar-refractivity contribution in [1.29, 1.82) is 0 Å². The Morgan fingerprint density at radius 3 is 2.00 bits per heavy atom. The zero-order valence-corrected chi connectivity index (χ0v) is 15.9. The molecule has 2 aromatic carbocycles. The lowest BCUT2D eigenvalue weighted by Gasteiger charge is -2.22. The van der Waals surface area contributed by atoms with Crippen LogP contribution in [0.25, 0.3) is 12.2 Å². The van der Waals surface area contributed by atoms with Gasteiger partial charge in [-0.25, -0.2) is 4.79 Å². The molecule has 0 amide bonds. The molecule has 3 aromatic rings. The van der Waals surface area contributed by atoms with Gasteiger partial charge in [-0.1, -0.05) is 71.9 Å². The Labute approximate surface area is 157 Å². The van der Waals surface area contributed by atoms with Crippen LogP contribution < -0.4 is 5.69 Å². The summed E-state index contributed by atoms with van der Waals surface area (Å²) < 4.78 is 2.06. The van der Waals surface area contributed by atoms with Crippen LogP contribution in [0.4, 0.5) is 0 Å². The molecule has 0 fully saturated rings. The van der Waals surface area contributed by atoms with E-state index >= 15 is 0 Å². The average molecular weight is 360 g/mol. The molecule has 26 heavy (non-hydrogen) atoms. The van der Waals surface area contributed by atoms with Crippen LogP contribution in [0.3, 0.4) is 0 Å². The second-order valence-electron chi connectivity index (χ2n) is 6.99. The Balaban J connectivity index is 2.08. The molecular formula is C22H20N2OS. The highest BCUT2D eigenvalue weighted by Crippen LogP contribution is 2.39. The van der Waals surface area contributed by atoms with Crippen LogP contribution in [0.15, 0.2) is 47.4 Å². The first-order valence-corrected chi connectivity index (χ1v) is 9.04. The number of nitrogens with zero attached hydrogens (tertiary/aromatic N) is 1. The number of rotatable bonds is 1. The van der Waals surface area contributed by atoms with E-state index < -0.39 is 0 Å². The van der Waals surface area contributed by atoms with E-state index in [2.05, 4.69) is 67.4 Å². The molecule has 3 nitrogen and oxygen atoms in total. The van der Waals surface area contributed by atoms with Crippen molar-refractivity contribution in [1.82, 2.24) is 9.55 Å². The van der Waals surface area contributed by atoms with Gasteiger partial charge in [0.2, 0.25) is 0 Å². The van der Waals surface area contributed by atoms with Crippen LogP contribution in [0.1, 0.15) is 44.9 Å². The van der Waals surface area contributed by atoms with Crippen LogP contribution in [0.5, 0.6) is 0 Å². The highest BCUT2D eigenvalue weighted by Gasteiger charge is 2.25. The number of aromatic nitrogens is 2. The summed E-state index contributed by atoms with van der Waals surface area (Å²) in [6.45, 7) is 4.20. The molecule has 4 heteroatoms. The molecule has 4 rings (SSSR count). The van der Waals surface area contributed by atoms with Gasteiger partial charge < -0.3 is 4.57 Å². The van der Waals surface area contributed by atoms with Gasteiger partial charge in [0.15, 0.2) is 0 Å². The minimum Gasteiger partial charge on any atom is -0.304 e. The molecule has 0 bridgehead atoms. The molecular weight excluding hydrogens is 340 g/mol. The maximum Gasteiger partial charge on any atom is 0.326 e. The summed E-state index contributed by atoms with van der Waals surface area (Å²) in [5.74, 6) is -0.0215. The van der Waals surface area contributed by atoms with Gasteiger partial charge in [0.05, 0.1) is 0 Å². The molecule has 0 unspecified atom stereocenters. The molecule has 0 radical (unpaired) electrons. The molecule has 0 saturated carbocycles. The number of fused-ring (bicyclic) bond motifs is 2. The predicted octanol–water partition coefficient (Wildman–Crippen LogP) is 4.72. The van der Waals surface area contributed by atoms with E-state index in [1.165, 1.54) is 33.4 Å². The fourth-order valence-corrected chi connectivity index (χ4v) is 3.93. The van der Waals surface area contributed by atoms with Crippen LogP contribution in [-0.4, -0.2) is 9.55 Å². The van der Waals surface area contributed by atoms with E-state index in [0.717, 1.165) is 5.56 Å². The summed E-state index contributed by atoms with van der Waals surface area (Å²) in [6.07, 6.45) is 6.22. The maximum atomic E-state index is 12.0. The second-order valence-corrected chi connectivity index (χ2v) is 7.39. The number of hydrogen-bond donors (Lipinski definition) is 1. The highest BCUT2D eigenvalue weighted by atomic mass is 32.1. The molecule has 0 aliphatic heterocycles. The van der Waals surface area contributed by atoms with Gasteiger partial charge in [-0.15, -0.1) is 0 Å². The second kappa shape index (κ2) is 6.22. The summed E-state index contributed by atoms with van der Waals surface area (Å²) >= 11 is 5.54. The molecule has 0 saturated heterocycles. The van der Waals surface area contributed by atoms with Gasteiger partial charge in [-0.2, -0.15) is 0 Å². The van der Waals surface area contributed by atoms with Crippen molar-refractivity contribution in [2.75, 3.05) is 0 Å². The van der Waals surface area contributed by atoms with E-state index in [1.807, 2.05) is 6.20 Å². The monoisotopic (exact) mass is 360 g/mol. The topological polar surface area (TPSA) is 37.8 Å². The van der Waals surface area contributed by atoms with Crippen molar-refractivity contribution >= 4 is 24.4 Å². The minimum absolute atomic E-state index is 0.0215. The first kappa shape index (κ1) is 16.7. The average Bonchev–Trinajstić information content (AvgIpc) is 2.74. The number of H-pyrrole nitrogens is 1. The lowest BCUT2D eigenvalue weighted by molar-refractivity contribution is 0.774. The van der Waals surface area contributed by atoms with Crippen molar-refractivity contribution in [2.45, 2.75) is 19.8 Å². The smallest absolute Gasteiger partial charge is 0.304 e. The lowest BCUT2D eigenvalue weighted by Crippen LogP contribution is -2.22. The van der Waals surface area contributed by atoms with Gasteiger partial charge in [0, 0.05) is 24.7 Å². The molecule has 1 aromatic heterocycles. The van der Waals surface area contributed by atoms with E-state index in [-0.39, 0.29) is 11.6 Å². The number of nitrogens with one attached hydrogen (secondary N) is 1. The first-order valence-electron chi connectivity index (χ1n) is 8.63. The minimum atomic E-state index is -0.196. The van der Waals surface area contributed by atoms with Crippen molar-refractivity contribution in [3.05, 3.63) is 96.7 Å². The molecule has 1 heterocycles. The van der Waals surface area contributed by atoms with Crippen LogP contribution in [-0.2, 0) is 7.05 Å². The lowest BCUT2D eigenvalue weighted by atomic mass is 9.83. The van der Waals surface area contributed by atoms with Crippen molar-refractivity contribution in [2.24, 2.45) is 7.05 Å². The first-order chi connectivity index (χ1) is 12.4. The number of hydrogen-bond acceptors (Lipinski definition) is 2. The molecule has 0 atom stereocenters. The van der Waals surface area contributed by atoms with Crippen LogP contribution in [0.2, 0.25) is 0 Å². The van der Waals surface area contributed by atoms with Gasteiger partial charge >= 0.3 is 5.69 Å². The quantitative estimate of drug-likeness (QED) is 0.499. The van der Waals surface area contributed by atoms with Crippen LogP contribution in [0, 0.1) is 18.5 Å². The Bertz CT molecular complexity index is 1110. The van der Waals surface area contributed by atoms with E-state index in [9.17, 15) is 4.79 Å². The third kappa shape index (κ3) is 2.76. The Morgan fingerprint density at radius 2 is 1.46 bits per heavy atom. The number of aryl methyl sites for hydroxylation is 3. The van der Waals surface area contributed by atoms with Gasteiger partial charge in [0.25, 0.3) is 0 Å². The normalized spacial score (nSPS) is 13.2. The third-order valence-corrected chi connectivity index (χ3v) is 5.33. The van der Waals surface area contributed by atoms with Gasteiger partial charge in [-0.05, 0) is 36.1 Å². The van der Waals surface area contributed by atoms with Crippen LogP contribution >= 0.6 is 12.2 Å². The van der Waals surface area contributed by atoms with Gasteiger partial charge in [0.1, 0.15) is 4.64 Å². The SMILES string of the molecule is Cc1ccc2c(c1)C=Cc1cc(C)ccc1C2c1cn(C)c(=O)[nH]c1=S. The third-order valence-electron chi connectivity index (χ3n) is 5.00. The molecule has 1 N–H and O–H groups in total. The highest BCUT2D eigenvalue weighted by molar-refractivity contribution is 7.71. The summed E-state index contributed by atoms with van der Waals surface area (Å²) in [4.78, 5) is 14.8. The standard InChI is InChI=1S/C22H20N2OS/c1-13-4-8-17-15(10-13)6-7-16-11-14(2)5-9-18(16)20(17)19-12-24(3)22(25)23-21(19)26/h4-12,20H,1-3H3,(H,23,25,26). The molecule has 0 spiro atoms. The van der Waals surface area contributed by atoms with Crippen molar-refractivity contribution in [3.8, 4) is 0 Å². The van der Waals surface area contributed by atoms with Crippen molar-refractivity contribution < 1.29 is 0 Å². The molecule has 130 valence electrons. The number of aromatic amines is 1. The van der Waals surface area contributed by atoms with E-state index in [0.29, 0.717) is 4.64 Å². The predicted molar refractivity (Wildman–Crippen MR) is 109 cm³/mol. The molecule has 1 aliphatic rings. The summed E-state index contributed by atoms with van der Waals surface area (Å²) in [7, 11) is 1.75.